The number of hydrogen-bond acceptors (Lipinski definition) is 2. The van der Waals surface area contributed by atoms with Crippen LogP contribution < -0.4 is 0 Å². The highest BCUT2D eigenvalue weighted by Gasteiger charge is 2.59. The van der Waals surface area contributed by atoms with Crippen LogP contribution in [-0.2, 0) is 4.79 Å². The summed E-state index contributed by atoms with van der Waals surface area (Å²) in [6.45, 7) is 6.78. The molecule has 1 N–H and O–H groups in total. The molecule has 2 fully saturated rings. The lowest BCUT2D eigenvalue weighted by atomic mass is 9.49. The van der Waals surface area contributed by atoms with Crippen molar-refractivity contribution in [2.24, 2.45) is 34.5 Å². The summed E-state index contributed by atoms with van der Waals surface area (Å²) in [5.41, 5.74) is 1.51. The number of carbonyl (C=O) groups excluding carboxylic acids is 1. The molecule has 4 aliphatic carbocycles. The average Bonchev–Trinajstić information content (AvgIpc) is 2.72. The van der Waals surface area contributed by atoms with Gasteiger partial charge in [-0.2, -0.15) is 0 Å². The summed E-state index contributed by atoms with van der Waals surface area (Å²) < 4.78 is 0. The van der Waals surface area contributed by atoms with Gasteiger partial charge in [0.1, 0.15) is 5.78 Å². The molecule has 2 saturated carbocycles. The molecule has 2 heteroatoms. The first-order chi connectivity index (χ1) is 10.4. The molecule has 2 nitrogen and oxygen atoms in total. The molecule has 0 heterocycles. The van der Waals surface area contributed by atoms with Gasteiger partial charge in [0.05, 0.1) is 5.76 Å². The Labute approximate surface area is 133 Å². The minimum atomic E-state index is -0.0606. The van der Waals surface area contributed by atoms with E-state index in [-0.39, 0.29) is 16.7 Å². The van der Waals surface area contributed by atoms with Crippen molar-refractivity contribution < 1.29 is 9.90 Å². The zero-order valence-electron chi connectivity index (χ0n) is 14.1. The largest absolute Gasteiger partial charge is 0.512 e. The molecule has 0 saturated heterocycles. The quantitative estimate of drug-likeness (QED) is 0.696. The lowest BCUT2D eigenvalue weighted by Crippen LogP contribution is -2.49. The van der Waals surface area contributed by atoms with E-state index >= 15 is 0 Å². The molecule has 6 atom stereocenters. The van der Waals surface area contributed by atoms with Gasteiger partial charge in [0.15, 0.2) is 0 Å². The first-order valence-corrected chi connectivity index (χ1v) is 9.01. The zero-order valence-corrected chi connectivity index (χ0v) is 14.1. The van der Waals surface area contributed by atoms with Crippen molar-refractivity contribution in [3.63, 3.8) is 0 Å². The lowest BCUT2D eigenvalue weighted by molar-refractivity contribution is -0.133. The second kappa shape index (κ2) is 4.49. The molecule has 0 bridgehead atoms. The Hall–Kier alpha value is -1.05. The maximum atomic E-state index is 12.7. The highest BCUT2D eigenvalue weighted by atomic mass is 16.3. The van der Waals surface area contributed by atoms with Gasteiger partial charge >= 0.3 is 0 Å². The summed E-state index contributed by atoms with van der Waals surface area (Å²) in [6, 6.07) is 0. The van der Waals surface area contributed by atoms with Crippen LogP contribution >= 0.6 is 0 Å². The zero-order chi connectivity index (χ0) is 15.7. The van der Waals surface area contributed by atoms with E-state index in [1.54, 1.807) is 0 Å². The lowest BCUT2D eigenvalue weighted by Gasteiger charge is -2.55. The number of aliphatic hydroxyl groups excluding tert-OH is 1. The number of ketones is 1. The Balaban J connectivity index is 1.73. The molecule has 0 spiro atoms. The summed E-state index contributed by atoms with van der Waals surface area (Å²) in [5, 5.41) is 9.89. The van der Waals surface area contributed by atoms with E-state index in [4.69, 9.17) is 0 Å². The fourth-order valence-electron chi connectivity index (χ4n) is 6.42. The number of carbonyl (C=O) groups is 1. The van der Waals surface area contributed by atoms with Crippen molar-refractivity contribution in [1.29, 1.82) is 0 Å². The average molecular weight is 300 g/mol. The van der Waals surface area contributed by atoms with E-state index < -0.39 is 0 Å². The van der Waals surface area contributed by atoms with Gasteiger partial charge in [-0.25, -0.2) is 0 Å². The molecule has 0 aromatic carbocycles. The van der Waals surface area contributed by atoms with Gasteiger partial charge in [-0.1, -0.05) is 26.8 Å². The van der Waals surface area contributed by atoms with E-state index in [9.17, 15) is 9.90 Å². The third-order valence-electron chi connectivity index (χ3n) is 7.76. The van der Waals surface area contributed by atoms with E-state index in [0.717, 1.165) is 32.1 Å². The molecule has 0 unspecified atom stereocenters. The van der Waals surface area contributed by atoms with Crippen LogP contribution in [0.4, 0.5) is 0 Å². The monoisotopic (exact) mass is 300 g/mol. The number of Topliss-reactive ketones (excluding diaryl/α,β-unsaturated/α-hetero) is 1. The predicted molar refractivity (Wildman–Crippen MR) is 87.4 cm³/mol. The highest BCUT2D eigenvalue weighted by molar-refractivity contribution is 5.89. The smallest absolute Gasteiger partial charge is 0.141 e. The van der Waals surface area contributed by atoms with E-state index in [1.165, 1.54) is 12.0 Å². The molecule has 0 aromatic rings. The number of hydrogen-bond donors (Lipinski definition) is 1. The topological polar surface area (TPSA) is 37.3 Å². The first-order valence-electron chi connectivity index (χ1n) is 9.01. The number of rotatable bonds is 0. The van der Waals surface area contributed by atoms with Gasteiger partial charge in [-0.05, 0) is 66.9 Å². The molecule has 0 aliphatic heterocycles. The first kappa shape index (κ1) is 14.5. The molecule has 22 heavy (non-hydrogen) atoms. The number of allylic oxidation sites excluding steroid dienone is 4. The second-order valence-corrected chi connectivity index (χ2v) is 8.78. The summed E-state index contributed by atoms with van der Waals surface area (Å²) in [4.78, 5) is 12.7. The SMILES string of the molecule is C[C@H]1C[C@H]2[C@@H]3CC=C4C=C(O)CC[C@]4(C)[C@H]3CC[C@]2(C)C1=O. The summed E-state index contributed by atoms with van der Waals surface area (Å²) in [5.74, 6) is 3.25. The van der Waals surface area contributed by atoms with Crippen LogP contribution in [0.1, 0.15) is 59.3 Å². The van der Waals surface area contributed by atoms with E-state index in [2.05, 4.69) is 26.8 Å². The normalized spacial score (nSPS) is 50.6. The Morgan fingerprint density at radius 1 is 1.18 bits per heavy atom. The fourth-order valence-corrected chi connectivity index (χ4v) is 6.42. The Morgan fingerprint density at radius 3 is 2.73 bits per heavy atom. The minimum absolute atomic E-state index is 0.0606. The highest BCUT2D eigenvalue weighted by Crippen LogP contribution is 2.64. The predicted octanol–water partition coefficient (Wildman–Crippen LogP) is 4.82. The van der Waals surface area contributed by atoms with Gasteiger partial charge in [0, 0.05) is 17.8 Å². The van der Waals surface area contributed by atoms with Crippen LogP contribution in [0.25, 0.3) is 0 Å². The Kier molecular flexibility index (Phi) is 2.97. The van der Waals surface area contributed by atoms with Gasteiger partial charge in [0.25, 0.3) is 0 Å². The summed E-state index contributed by atoms with van der Waals surface area (Å²) in [7, 11) is 0. The Morgan fingerprint density at radius 2 is 1.95 bits per heavy atom. The number of aliphatic hydroxyl groups is 1. The molecule has 0 radical (unpaired) electrons. The van der Waals surface area contributed by atoms with Crippen LogP contribution in [0.5, 0.6) is 0 Å². The van der Waals surface area contributed by atoms with Crippen LogP contribution in [-0.4, -0.2) is 10.9 Å². The minimum Gasteiger partial charge on any atom is -0.512 e. The standard InChI is InChI=1S/C20H28O2/c1-12-10-17-15-5-4-13-11-14(21)6-8-19(13,2)16(15)7-9-20(17,3)18(12)22/h4,11-12,15-17,21H,5-10H2,1-3H3/t12-,15+,16-,17-,19-,20-/m0/s1. The molecular weight excluding hydrogens is 272 g/mol. The van der Waals surface area contributed by atoms with Crippen LogP contribution in [0.3, 0.4) is 0 Å². The van der Waals surface area contributed by atoms with Crippen molar-refractivity contribution in [3.8, 4) is 0 Å². The van der Waals surface area contributed by atoms with Crippen molar-refractivity contribution in [1.82, 2.24) is 0 Å². The maximum Gasteiger partial charge on any atom is 0.141 e. The van der Waals surface area contributed by atoms with Crippen molar-refractivity contribution in [2.45, 2.75) is 59.3 Å². The molecule has 4 aliphatic rings. The fraction of sp³-hybridized carbons (Fsp3) is 0.750. The molecule has 0 amide bonds. The molecule has 120 valence electrons. The van der Waals surface area contributed by atoms with Crippen LogP contribution in [0.15, 0.2) is 23.5 Å². The molecular formula is C20H28O2. The number of fused-ring (bicyclic) bond motifs is 5. The maximum absolute atomic E-state index is 12.7. The van der Waals surface area contributed by atoms with Crippen molar-refractivity contribution >= 4 is 5.78 Å². The summed E-state index contributed by atoms with van der Waals surface area (Å²) >= 11 is 0. The van der Waals surface area contributed by atoms with Gasteiger partial charge in [0.2, 0.25) is 0 Å². The van der Waals surface area contributed by atoms with Gasteiger partial charge in [-0.15, -0.1) is 0 Å². The molecule has 0 aromatic heterocycles. The second-order valence-electron chi connectivity index (χ2n) is 8.78. The summed E-state index contributed by atoms with van der Waals surface area (Å²) in [6.07, 6.45) is 10.7. The van der Waals surface area contributed by atoms with Crippen molar-refractivity contribution in [3.05, 3.63) is 23.5 Å². The van der Waals surface area contributed by atoms with Crippen LogP contribution in [0, 0.1) is 34.5 Å². The third-order valence-corrected chi connectivity index (χ3v) is 7.76. The van der Waals surface area contributed by atoms with Gasteiger partial charge in [-0.3, -0.25) is 4.79 Å². The van der Waals surface area contributed by atoms with Crippen molar-refractivity contribution in [2.75, 3.05) is 0 Å². The Bertz CT molecular complexity index is 587. The molecule has 4 rings (SSSR count). The van der Waals surface area contributed by atoms with Crippen LogP contribution in [0.2, 0.25) is 0 Å². The van der Waals surface area contributed by atoms with Gasteiger partial charge < -0.3 is 5.11 Å². The third kappa shape index (κ3) is 1.70. The van der Waals surface area contributed by atoms with E-state index in [0.29, 0.717) is 29.3 Å². The van der Waals surface area contributed by atoms with E-state index in [1.807, 2.05) is 6.08 Å².